The normalized spacial score (nSPS) is 20.5. The predicted octanol–water partition coefficient (Wildman–Crippen LogP) is -0.566. The van der Waals surface area contributed by atoms with Gasteiger partial charge >= 0.3 is 5.97 Å². The van der Waals surface area contributed by atoms with Gasteiger partial charge in [-0.05, 0) is 0 Å². The fourth-order valence-corrected chi connectivity index (χ4v) is 0.402. The Balaban J connectivity index is 2.45. The van der Waals surface area contributed by atoms with E-state index in [2.05, 4.69) is 9.78 Å². The molecule has 8 heavy (non-hydrogen) atoms. The van der Waals surface area contributed by atoms with E-state index in [1.54, 1.807) is 0 Å². The van der Waals surface area contributed by atoms with Gasteiger partial charge in [0.25, 0.3) is 0 Å². The summed E-state index contributed by atoms with van der Waals surface area (Å²) in [5.74, 6) is -0.845. The Bertz CT molecular complexity index is 114. The molecule has 0 aliphatic carbocycles. The molecular weight excluding hydrogens is 112 g/mol. The van der Waals surface area contributed by atoms with Crippen LogP contribution in [0.2, 0.25) is 0 Å². The quantitative estimate of drug-likeness (QED) is 0.314. The summed E-state index contributed by atoms with van der Waals surface area (Å²) in [5, 5.41) is 0. The number of carbonyl (C=O) groups is 2. The zero-order valence-corrected chi connectivity index (χ0v) is 4.05. The van der Waals surface area contributed by atoms with E-state index in [0.717, 1.165) is 0 Å². The van der Waals surface area contributed by atoms with E-state index in [0.29, 0.717) is 0 Å². The summed E-state index contributed by atoms with van der Waals surface area (Å²) >= 11 is 0. The standard InChI is InChI=1S/C4H4O4/c5-3-1-4(6)8-7-2-3/h1-2H2. The van der Waals surface area contributed by atoms with Gasteiger partial charge in [0, 0.05) is 0 Å². The number of ketones is 1. The molecule has 0 unspecified atom stereocenters. The van der Waals surface area contributed by atoms with Crippen LogP contribution in [0, 0.1) is 0 Å². The molecule has 0 aromatic heterocycles. The average Bonchev–Trinajstić information content (AvgIpc) is 1.64. The number of carbonyl (C=O) groups excluding carboxylic acids is 2. The molecule has 0 bridgehead atoms. The molecule has 0 atom stereocenters. The molecular formula is C4H4O4. The largest absolute Gasteiger partial charge is 0.349 e. The van der Waals surface area contributed by atoms with Gasteiger partial charge in [-0.15, -0.1) is 0 Å². The summed E-state index contributed by atoms with van der Waals surface area (Å²) in [5.41, 5.74) is 0. The van der Waals surface area contributed by atoms with Crippen LogP contribution in [0.25, 0.3) is 0 Å². The molecule has 1 saturated heterocycles. The smallest absolute Gasteiger partial charge is 0.297 e. The first-order valence-electron chi connectivity index (χ1n) is 2.13. The minimum Gasteiger partial charge on any atom is -0.297 e. The van der Waals surface area contributed by atoms with E-state index < -0.39 is 5.97 Å². The highest BCUT2D eigenvalue weighted by Gasteiger charge is 2.17. The van der Waals surface area contributed by atoms with Crippen LogP contribution in [-0.4, -0.2) is 18.4 Å². The molecule has 1 aliphatic heterocycles. The minimum absolute atomic E-state index is 0.105. The number of hydrogen-bond acceptors (Lipinski definition) is 4. The van der Waals surface area contributed by atoms with E-state index in [4.69, 9.17) is 0 Å². The summed E-state index contributed by atoms with van der Waals surface area (Å²) in [6.07, 6.45) is -0.153. The van der Waals surface area contributed by atoms with Gasteiger partial charge in [-0.25, -0.2) is 4.79 Å². The van der Waals surface area contributed by atoms with E-state index in [9.17, 15) is 9.59 Å². The van der Waals surface area contributed by atoms with Crippen molar-refractivity contribution in [1.82, 2.24) is 0 Å². The molecule has 0 amide bonds. The lowest BCUT2D eigenvalue weighted by Gasteiger charge is -2.06. The van der Waals surface area contributed by atoms with Crippen molar-refractivity contribution in [2.24, 2.45) is 0 Å². The topological polar surface area (TPSA) is 52.6 Å². The third kappa shape index (κ3) is 1.04. The van der Waals surface area contributed by atoms with Gasteiger partial charge < -0.3 is 0 Å². The van der Waals surface area contributed by atoms with Crippen molar-refractivity contribution in [1.29, 1.82) is 0 Å². The van der Waals surface area contributed by atoms with E-state index in [1.165, 1.54) is 0 Å². The summed E-state index contributed by atoms with van der Waals surface area (Å²) in [6, 6.07) is 0. The van der Waals surface area contributed by atoms with Crippen LogP contribution in [0.4, 0.5) is 0 Å². The van der Waals surface area contributed by atoms with Gasteiger partial charge in [0.05, 0.1) is 0 Å². The highest BCUT2D eigenvalue weighted by Crippen LogP contribution is 1.97. The summed E-state index contributed by atoms with van der Waals surface area (Å²) in [6.45, 7) is -0.105. The number of hydrogen-bond donors (Lipinski definition) is 0. The molecule has 0 saturated carbocycles. The van der Waals surface area contributed by atoms with Crippen molar-refractivity contribution in [2.75, 3.05) is 6.61 Å². The Labute approximate surface area is 45.3 Å². The predicted molar refractivity (Wildman–Crippen MR) is 21.7 cm³/mol. The van der Waals surface area contributed by atoms with Crippen LogP contribution >= 0.6 is 0 Å². The molecule has 1 heterocycles. The molecule has 44 valence electrons. The fourth-order valence-electron chi connectivity index (χ4n) is 0.402. The fraction of sp³-hybridized carbons (Fsp3) is 0.500. The molecule has 0 aromatic rings. The Morgan fingerprint density at radius 3 is 2.50 bits per heavy atom. The molecule has 0 radical (unpaired) electrons. The van der Waals surface area contributed by atoms with Crippen LogP contribution in [0.1, 0.15) is 6.42 Å². The van der Waals surface area contributed by atoms with Crippen molar-refractivity contribution in [2.45, 2.75) is 6.42 Å². The zero-order valence-electron chi connectivity index (χ0n) is 4.05. The van der Waals surface area contributed by atoms with Crippen LogP contribution in [0.5, 0.6) is 0 Å². The van der Waals surface area contributed by atoms with E-state index in [-0.39, 0.29) is 18.8 Å². The highest BCUT2D eigenvalue weighted by atomic mass is 17.2. The van der Waals surface area contributed by atoms with Gasteiger partial charge in [0.1, 0.15) is 6.42 Å². The zero-order chi connectivity index (χ0) is 5.98. The molecule has 0 N–H and O–H groups in total. The van der Waals surface area contributed by atoms with Gasteiger partial charge in [-0.1, -0.05) is 0 Å². The molecule has 1 rings (SSSR count). The van der Waals surface area contributed by atoms with Crippen molar-refractivity contribution in [3.8, 4) is 0 Å². The second-order valence-electron chi connectivity index (χ2n) is 1.43. The maximum atomic E-state index is 10.2. The summed E-state index contributed by atoms with van der Waals surface area (Å²) in [7, 11) is 0. The van der Waals surface area contributed by atoms with Crippen molar-refractivity contribution >= 4 is 11.8 Å². The van der Waals surface area contributed by atoms with Crippen LogP contribution in [0.15, 0.2) is 0 Å². The van der Waals surface area contributed by atoms with Crippen molar-refractivity contribution in [3.05, 3.63) is 0 Å². The molecule has 0 aromatic carbocycles. The van der Waals surface area contributed by atoms with Crippen molar-refractivity contribution < 1.29 is 19.4 Å². The maximum absolute atomic E-state index is 10.2. The molecule has 1 aliphatic rings. The third-order valence-electron chi connectivity index (χ3n) is 0.713. The van der Waals surface area contributed by atoms with E-state index >= 15 is 0 Å². The second kappa shape index (κ2) is 1.92. The SMILES string of the molecule is O=C1COOC(=O)C1. The average molecular weight is 116 g/mol. The monoisotopic (exact) mass is 116 g/mol. The second-order valence-corrected chi connectivity index (χ2v) is 1.43. The molecule has 1 fully saturated rings. The lowest BCUT2D eigenvalue weighted by Crippen LogP contribution is -2.22. The van der Waals surface area contributed by atoms with E-state index in [1.807, 2.05) is 0 Å². The first-order chi connectivity index (χ1) is 3.79. The van der Waals surface area contributed by atoms with Gasteiger partial charge in [0.2, 0.25) is 0 Å². The first-order valence-corrected chi connectivity index (χ1v) is 2.13. The lowest BCUT2D eigenvalue weighted by molar-refractivity contribution is -0.276. The van der Waals surface area contributed by atoms with Gasteiger partial charge in [-0.3, -0.25) is 9.68 Å². The van der Waals surface area contributed by atoms with Crippen LogP contribution < -0.4 is 0 Å². The lowest BCUT2D eigenvalue weighted by atomic mass is 10.3. The molecule has 0 spiro atoms. The summed E-state index contributed by atoms with van der Waals surface area (Å²) < 4.78 is 0. The number of rotatable bonds is 0. The molecule has 4 heteroatoms. The third-order valence-corrected chi connectivity index (χ3v) is 0.713. The first kappa shape index (κ1) is 5.24. The Kier molecular flexibility index (Phi) is 1.26. The van der Waals surface area contributed by atoms with Gasteiger partial charge in [-0.2, -0.15) is 4.89 Å². The minimum atomic E-state index is -0.610. The molecule has 4 nitrogen and oxygen atoms in total. The highest BCUT2D eigenvalue weighted by molar-refractivity contribution is 5.97. The Morgan fingerprint density at radius 2 is 2.12 bits per heavy atom. The summed E-state index contributed by atoms with van der Waals surface area (Å²) in [4.78, 5) is 28.4. The Morgan fingerprint density at radius 1 is 1.38 bits per heavy atom. The van der Waals surface area contributed by atoms with Crippen LogP contribution in [0.3, 0.4) is 0 Å². The van der Waals surface area contributed by atoms with Crippen molar-refractivity contribution in [3.63, 3.8) is 0 Å². The number of Topliss-reactive ketones (excluding diaryl/α,β-unsaturated/α-hetero) is 1. The van der Waals surface area contributed by atoms with Crippen LogP contribution in [-0.2, 0) is 19.4 Å². The van der Waals surface area contributed by atoms with Gasteiger partial charge in [0.15, 0.2) is 12.4 Å². The Hall–Kier alpha value is -0.900. The maximum Gasteiger partial charge on any atom is 0.349 e.